The van der Waals surface area contributed by atoms with Gasteiger partial charge in [0.05, 0.1) is 17.5 Å². The van der Waals surface area contributed by atoms with E-state index in [1.54, 1.807) is 12.5 Å². The molecule has 25 heavy (non-hydrogen) atoms. The highest BCUT2D eigenvalue weighted by Gasteiger charge is 2.24. The second-order valence-electron chi connectivity index (χ2n) is 6.83. The van der Waals surface area contributed by atoms with Crippen molar-refractivity contribution in [2.75, 3.05) is 18.0 Å². The Bertz CT molecular complexity index is 726. The SMILES string of the molecule is CCc1cc(N2CCC[C@@H](NC(=O)c3cn[nH]c3C(C)C)C2)ncn1. The molecule has 0 aromatic carbocycles. The molecule has 7 heteroatoms. The third-order valence-corrected chi connectivity index (χ3v) is 4.64. The second-order valence-corrected chi connectivity index (χ2v) is 6.83. The summed E-state index contributed by atoms with van der Waals surface area (Å²) in [6.45, 7) is 7.90. The van der Waals surface area contributed by atoms with Gasteiger partial charge in [-0.1, -0.05) is 20.8 Å². The number of carbonyl (C=O) groups excluding carboxylic acids is 1. The molecule has 1 saturated heterocycles. The van der Waals surface area contributed by atoms with Crippen LogP contribution in [-0.4, -0.2) is 45.2 Å². The van der Waals surface area contributed by atoms with Gasteiger partial charge in [0, 0.05) is 30.9 Å². The molecule has 0 spiro atoms. The fourth-order valence-electron chi connectivity index (χ4n) is 3.24. The van der Waals surface area contributed by atoms with E-state index in [0.717, 1.165) is 49.6 Å². The first kappa shape index (κ1) is 17.4. The Balaban J connectivity index is 1.67. The molecule has 1 aliphatic heterocycles. The van der Waals surface area contributed by atoms with Gasteiger partial charge >= 0.3 is 0 Å². The van der Waals surface area contributed by atoms with Crippen LogP contribution < -0.4 is 10.2 Å². The molecule has 1 aliphatic rings. The largest absolute Gasteiger partial charge is 0.354 e. The van der Waals surface area contributed by atoms with Gasteiger partial charge in [-0.25, -0.2) is 9.97 Å². The molecule has 1 amide bonds. The molecule has 0 aliphatic carbocycles. The number of piperidine rings is 1. The number of aromatic amines is 1. The molecule has 1 atom stereocenters. The first-order chi connectivity index (χ1) is 12.1. The van der Waals surface area contributed by atoms with Crippen molar-refractivity contribution < 1.29 is 4.79 Å². The smallest absolute Gasteiger partial charge is 0.255 e. The molecule has 2 aromatic rings. The van der Waals surface area contributed by atoms with Crippen molar-refractivity contribution in [1.82, 2.24) is 25.5 Å². The number of carbonyl (C=O) groups is 1. The van der Waals surface area contributed by atoms with E-state index in [4.69, 9.17) is 0 Å². The maximum Gasteiger partial charge on any atom is 0.255 e. The summed E-state index contributed by atoms with van der Waals surface area (Å²) in [4.78, 5) is 23.5. The van der Waals surface area contributed by atoms with Gasteiger partial charge < -0.3 is 10.2 Å². The molecule has 2 aromatic heterocycles. The van der Waals surface area contributed by atoms with Crippen molar-refractivity contribution in [3.63, 3.8) is 0 Å². The van der Waals surface area contributed by atoms with Crippen LogP contribution in [0, 0.1) is 0 Å². The van der Waals surface area contributed by atoms with Crippen LogP contribution in [0.3, 0.4) is 0 Å². The van der Waals surface area contributed by atoms with Gasteiger partial charge in [-0.15, -0.1) is 0 Å². The lowest BCUT2D eigenvalue weighted by atomic mass is 10.0. The van der Waals surface area contributed by atoms with Crippen LogP contribution in [0.15, 0.2) is 18.6 Å². The van der Waals surface area contributed by atoms with E-state index in [-0.39, 0.29) is 17.9 Å². The molecule has 3 rings (SSSR count). The number of H-pyrrole nitrogens is 1. The summed E-state index contributed by atoms with van der Waals surface area (Å²) in [6, 6.07) is 2.15. The van der Waals surface area contributed by atoms with Crippen LogP contribution in [0.4, 0.5) is 5.82 Å². The minimum atomic E-state index is -0.0544. The Morgan fingerprint density at radius 1 is 1.44 bits per heavy atom. The van der Waals surface area contributed by atoms with Gasteiger partial charge in [0.2, 0.25) is 0 Å². The summed E-state index contributed by atoms with van der Waals surface area (Å²) in [5.41, 5.74) is 2.56. The number of rotatable bonds is 5. The zero-order chi connectivity index (χ0) is 17.8. The first-order valence-corrected chi connectivity index (χ1v) is 8.98. The average molecular weight is 342 g/mol. The minimum absolute atomic E-state index is 0.0544. The molecule has 0 unspecified atom stereocenters. The van der Waals surface area contributed by atoms with Gasteiger partial charge in [0.1, 0.15) is 12.1 Å². The van der Waals surface area contributed by atoms with Gasteiger partial charge in [-0.3, -0.25) is 9.89 Å². The highest BCUT2D eigenvalue weighted by Crippen LogP contribution is 2.20. The van der Waals surface area contributed by atoms with Gasteiger partial charge in [0.25, 0.3) is 5.91 Å². The summed E-state index contributed by atoms with van der Waals surface area (Å²) >= 11 is 0. The predicted octanol–water partition coefficient (Wildman–Crippen LogP) is 2.28. The molecule has 3 heterocycles. The molecule has 0 bridgehead atoms. The first-order valence-electron chi connectivity index (χ1n) is 8.98. The van der Waals surface area contributed by atoms with E-state index < -0.39 is 0 Å². The zero-order valence-corrected chi connectivity index (χ0v) is 15.1. The van der Waals surface area contributed by atoms with Crippen LogP contribution in [0.5, 0.6) is 0 Å². The van der Waals surface area contributed by atoms with E-state index in [0.29, 0.717) is 5.56 Å². The predicted molar refractivity (Wildman–Crippen MR) is 96.8 cm³/mol. The maximum atomic E-state index is 12.6. The topological polar surface area (TPSA) is 86.8 Å². The maximum absolute atomic E-state index is 12.6. The Kier molecular flexibility index (Phi) is 5.31. The Morgan fingerprint density at radius 3 is 3.04 bits per heavy atom. The Morgan fingerprint density at radius 2 is 2.28 bits per heavy atom. The third kappa shape index (κ3) is 3.97. The standard InChI is InChI=1S/C18H26N6O/c1-4-13-8-16(20-11-19-13)24-7-5-6-14(10-24)22-18(25)15-9-21-23-17(15)12(2)3/h8-9,11-12,14H,4-7,10H2,1-3H3,(H,21,23)(H,22,25)/t14-/m1/s1. The number of aromatic nitrogens is 4. The zero-order valence-electron chi connectivity index (χ0n) is 15.1. The molecular weight excluding hydrogens is 316 g/mol. The monoisotopic (exact) mass is 342 g/mol. The van der Waals surface area contributed by atoms with Gasteiger partial charge in [0.15, 0.2) is 0 Å². The second kappa shape index (κ2) is 7.63. The van der Waals surface area contributed by atoms with E-state index in [2.05, 4.69) is 37.3 Å². The van der Waals surface area contributed by atoms with Crippen LogP contribution in [0.2, 0.25) is 0 Å². The van der Waals surface area contributed by atoms with E-state index in [1.165, 1.54) is 0 Å². The molecule has 1 fully saturated rings. The number of nitrogens with one attached hydrogen (secondary N) is 2. The fraction of sp³-hybridized carbons (Fsp3) is 0.556. The summed E-state index contributed by atoms with van der Waals surface area (Å²) in [5, 5.41) is 10.1. The van der Waals surface area contributed by atoms with E-state index in [9.17, 15) is 4.79 Å². The lowest BCUT2D eigenvalue weighted by Crippen LogP contribution is -2.48. The van der Waals surface area contributed by atoms with Crippen LogP contribution in [-0.2, 0) is 6.42 Å². The fourth-order valence-corrected chi connectivity index (χ4v) is 3.24. The van der Waals surface area contributed by atoms with Crippen molar-refractivity contribution in [3.05, 3.63) is 35.5 Å². The Labute approximate surface area is 148 Å². The number of hydrogen-bond donors (Lipinski definition) is 2. The summed E-state index contributed by atoms with van der Waals surface area (Å²) in [7, 11) is 0. The lowest BCUT2D eigenvalue weighted by Gasteiger charge is -2.34. The number of anilines is 1. The molecular formula is C18H26N6O. The van der Waals surface area contributed by atoms with Crippen LogP contribution in [0.25, 0.3) is 0 Å². The van der Waals surface area contributed by atoms with Crippen molar-refractivity contribution in [3.8, 4) is 0 Å². The number of aryl methyl sites for hydroxylation is 1. The number of amides is 1. The van der Waals surface area contributed by atoms with Gasteiger partial charge in [-0.2, -0.15) is 5.10 Å². The highest BCUT2D eigenvalue weighted by atomic mass is 16.1. The molecule has 0 saturated carbocycles. The van der Waals surface area contributed by atoms with Crippen molar-refractivity contribution >= 4 is 11.7 Å². The highest BCUT2D eigenvalue weighted by molar-refractivity contribution is 5.95. The van der Waals surface area contributed by atoms with Crippen molar-refractivity contribution in [2.24, 2.45) is 0 Å². The number of hydrogen-bond acceptors (Lipinski definition) is 5. The van der Waals surface area contributed by atoms with Crippen molar-refractivity contribution in [2.45, 2.75) is 52.0 Å². The average Bonchev–Trinajstić information content (AvgIpc) is 3.12. The third-order valence-electron chi connectivity index (χ3n) is 4.64. The normalized spacial score (nSPS) is 17.8. The van der Waals surface area contributed by atoms with Gasteiger partial charge in [-0.05, 0) is 25.2 Å². The lowest BCUT2D eigenvalue weighted by molar-refractivity contribution is 0.0932. The molecule has 134 valence electrons. The molecule has 0 radical (unpaired) electrons. The Hall–Kier alpha value is -2.44. The summed E-state index contributed by atoms with van der Waals surface area (Å²) in [5.74, 6) is 1.12. The quantitative estimate of drug-likeness (QED) is 0.870. The summed E-state index contributed by atoms with van der Waals surface area (Å²) < 4.78 is 0. The molecule has 2 N–H and O–H groups in total. The van der Waals surface area contributed by atoms with Crippen LogP contribution in [0.1, 0.15) is 61.3 Å². The summed E-state index contributed by atoms with van der Waals surface area (Å²) in [6.07, 6.45) is 6.13. The number of nitrogens with zero attached hydrogens (tertiary/aromatic N) is 4. The van der Waals surface area contributed by atoms with Crippen LogP contribution >= 0.6 is 0 Å². The minimum Gasteiger partial charge on any atom is -0.354 e. The van der Waals surface area contributed by atoms with E-state index in [1.807, 2.05) is 19.9 Å². The molecule has 7 nitrogen and oxygen atoms in total. The van der Waals surface area contributed by atoms with E-state index >= 15 is 0 Å². The van der Waals surface area contributed by atoms with Crippen molar-refractivity contribution in [1.29, 1.82) is 0 Å².